The van der Waals surface area contributed by atoms with E-state index in [0.29, 0.717) is 0 Å². The van der Waals surface area contributed by atoms with Crippen LogP contribution in [0.4, 0.5) is 34.5 Å². The smallest absolute Gasteiger partial charge is 0.418 e. The Hall–Kier alpha value is -5.53. The molecule has 23 heteroatoms. The number of aliphatic hydroxyl groups excluding tert-OH is 4. The van der Waals surface area contributed by atoms with Crippen molar-refractivity contribution in [3.05, 3.63) is 254 Å². The molecule has 0 saturated heterocycles. The van der Waals surface area contributed by atoms with E-state index in [4.69, 9.17) is 35.4 Å². The maximum atomic E-state index is 9.75. The summed E-state index contributed by atoms with van der Waals surface area (Å²) >= 11 is 0. The Balaban J connectivity index is -0.000000966. The monoisotopic (exact) mass is 1280 g/mol. The van der Waals surface area contributed by atoms with Crippen molar-refractivity contribution in [2.45, 2.75) is 20.8 Å². The van der Waals surface area contributed by atoms with Gasteiger partial charge in [-0.3, -0.25) is 0 Å². The van der Waals surface area contributed by atoms with Crippen LogP contribution in [0.15, 0.2) is 237 Å². The van der Waals surface area contributed by atoms with Crippen molar-refractivity contribution in [2.24, 2.45) is 0 Å². The van der Waals surface area contributed by atoms with Crippen LogP contribution in [0.5, 0.6) is 0 Å². The zero-order chi connectivity index (χ0) is 58.4. The van der Waals surface area contributed by atoms with E-state index in [1.807, 2.05) is 0 Å². The summed E-state index contributed by atoms with van der Waals surface area (Å²) in [5.41, 5.74) is 6.85. The predicted octanol–water partition coefficient (Wildman–Crippen LogP) is 8.85. The number of halogens is 8. The molecule has 0 radical (unpaired) electrons. The van der Waals surface area contributed by atoms with Crippen molar-refractivity contribution in [1.29, 1.82) is 0 Å². The molecule has 3 heterocycles. The molecule has 0 bridgehead atoms. The number of aliphatic hydroxyl groups is 4. The van der Waals surface area contributed by atoms with Gasteiger partial charge in [-0.15, -0.1) is 0 Å². The Morgan fingerprint density at radius 1 is 0.259 bits per heavy atom. The zero-order valence-electron chi connectivity index (χ0n) is 45.4. The summed E-state index contributed by atoms with van der Waals surface area (Å²) in [5.74, 6) is 0. The molecule has 0 atom stereocenters. The van der Waals surface area contributed by atoms with Gasteiger partial charge in [0, 0.05) is 63.7 Å². The van der Waals surface area contributed by atoms with Crippen LogP contribution >= 0.6 is 23.8 Å². The molecular formula is C58H69B2Cu2F8N3O5P3+3. The first-order chi connectivity index (χ1) is 37.5. The maximum Gasteiger partial charge on any atom is 1.00 e. The van der Waals surface area contributed by atoms with E-state index in [0.717, 1.165) is 45.5 Å². The molecule has 0 saturated carbocycles. The fourth-order valence-electron chi connectivity index (χ4n) is 7.06. The quantitative estimate of drug-likeness (QED) is 0.0641. The second kappa shape index (κ2) is 46.0. The van der Waals surface area contributed by atoms with Crippen LogP contribution in [0.25, 0.3) is 0 Å². The van der Waals surface area contributed by atoms with E-state index >= 15 is 0 Å². The number of hydrogen-bond donors (Lipinski definition) is 4. The first kappa shape index (κ1) is 79.7. The Bertz CT molecular complexity index is 2480. The zero-order valence-corrected chi connectivity index (χ0v) is 50.3. The first-order valence-corrected chi connectivity index (χ1v) is 28.3. The molecular weight excluding hydrogens is 1210 g/mol. The molecule has 6 aromatic carbocycles. The Kier molecular flexibility index (Phi) is 45.3. The summed E-state index contributed by atoms with van der Waals surface area (Å²) in [6.45, 7) is 6.16. The average Bonchev–Trinajstić information content (AvgIpc) is 3.45. The van der Waals surface area contributed by atoms with Crippen LogP contribution in [0, 0.1) is 20.8 Å². The van der Waals surface area contributed by atoms with Gasteiger partial charge in [-0.1, -0.05) is 127 Å². The normalized spacial score (nSPS) is 9.70. The van der Waals surface area contributed by atoms with Crippen LogP contribution in [0.1, 0.15) is 17.1 Å². The van der Waals surface area contributed by atoms with Crippen LogP contribution in [0.2, 0.25) is 0 Å². The molecule has 442 valence electrons. The molecule has 0 amide bonds. The summed E-state index contributed by atoms with van der Waals surface area (Å²) < 4.78 is 78.0. The Morgan fingerprint density at radius 3 is 0.519 bits per heavy atom. The second-order valence-electron chi connectivity index (χ2n) is 15.3. The molecule has 6 N–H and O–H groups in total. The largest absolute Gasteiger partial charge is 1.00 e. The van der Waals surface area contributed by atoms with E-state index in [2.05, 4.69) is 257 Å². The number of rotatable bonds is 9. The summed E-state index contributed by atoms with van der Waals surface area (Å²) in [5, 5.41) is 36.3. The number of aryl methyl sites for hydroxylation is 3. The van der Waals surface area contributed by atoms with E-state index in [1.165, 1.54) is 48.1 Å². The third-order valence-electron chi connectivity index (χ3n) is 9.81. The Labute approximate surface area is 496 Å². The maximum absolute atomic E-state index is 9.75. The molecule has 0 aliphatic rings. The molecule has 0 unspecified atom stereocenters. The standard InChI is InChI=1S/3C18H16NP.4CH4O.2BF4.2Cu.H2O/c3*1-15-9-8-14-18(19-15)20(16-10-4-2-5-11-16)17-12-6-3-7-13-17;4*1-2;2*2-1(3,4)5;;;/h3*2-14H,1H3;4*2H,1H3;;;;;1H2/q;;;;;;;2*-1;2*+1;/p+3. The number of pyridine rings is 3. The SMILES string of the molecule is CO.CO.CO.CO.Cc1cccc([PH+](c2ccccc2)c2ccccc2)n1.Cc1cccc([PH+](c2ccccc2)c2ccccc2)n1.Cc1cccc([PH+](c2ccccc2)c2ccccc2)n1.F[B-](F)(F)F.F[B-](F)(F)F.O.[Cu+].[Cu+]. The van der Waals surface area contributed by atoms with Crippen molar-refractivity contribution < 1.29 is 94.6 Å². The van der Waals surface area contributed by atoms with E-state index < -0.39 is 38.3 Å². The second-order valence-corrected chi connectivity index (χ2v) is 22.6. The van der Waals surface area contributed by atoms with Crippen LogP contribution in [0.3, 0.4) is 0 Å². The molecule has 81 heavy (non-hydrogen) atoms. The molecule has 0 fully saturated rings. The van der Waals surface area contributed by atoms with Crippen LogP contribution < -0.4 is 48.1 Å². The van der Waals surface area contributed by atoms with Gasteiger partial charge in [-0.05, 0) is 112 Å². The average molecular weight is 1280 g/mol. The molecule has 9 rings (SSSR count). The molecule has 0 aliphatic carbocycles. The summed E-state index contributed by atoms with van der Waals surface area (Å²) in [4.78, 5) is 14.3. The van der Waals surface area contributed by atoms with Crippen LogP contribution in [-0.4, -0.2) is 83.8 Å². The minimum atomic E-state index is -6.00. The van der Waals surface area contributed by atoms with Gasteiger partial charge in [-0.2, -0.15) is 0 Å². The van der Waals surface area contributed by atoms with Gasteiger partial charge in [0.1, 0.15) is 55.6 Å². The van der Waals surface area contributed by atoms with E-state index in [-0.39, 0.29) is 39.6 Å². The van der Waals surface area contributed by atoms with Crippen LogP contribution in [-0.2, 0) is 34.1 Å². The molecule has 0 aliphatic heterocycles. The minimum absolute atomic E-state index is 0. The van der Waals surface area contributed by atoms with Gasteiger partial charge in [0.05, 0.1) is 0 Å². The first-order valence-electron chi connectivity index (χ1n) is 23.8. The Morgan fingerprint density at radius 2 is 0.395 bits per heavy atom. The number of nitrogens with zero attached hydrogens (tertiary/aromatic N) is 3. The van der Waals surface area contributed by atoms with Crippen molar-refractivity contribution in [2.75, 3.05) is 28.4 Å². The molecule has 9 aromatic rings. The van der Waals surface area contributed by atoms with Gasteiger partial charge in [-0.25, -0.2) is 15.0 Å². The third kappa shape index (κ3) is 33.2. The number of benzene rings is 6. The summed E-state index contributed by atoms with van der Waals surface area (Å²) in [7, 11) is -11.0. The molecule has 8 nitrogen and oxygen atoms in total. The van der Waals surface area contributed by atoms with E-state index in [9.17, 15) is 34.5 Å². The van der Waals surface area contributed by atoms with Gasteiger partial charge in [0.25, 0.3) is 0 Å². The summed E-state index contributed by atoms with van der Waals surface area (Å²) in [6.07, 6.45) is 0. The number of aromatic nitrogens is 3. The molecule has 0 spiro atoms. The van der Waals surface area contributed by atoms with E-state index in [1.54, 1.807) is 0 Å². The van der Waals surface area contributed by atoms with Gasteiger partial charge in [0.2, 0.25) is 0 Å². The van der Waals surface area contributed by atoms with Gasteiger partial charge < -0.3 is 60.4 Å². The van der Waals surface area contributed by atoms with Crippen molar-refractivity contribution >= 4 is 86.4 Å². The van der Waals surface area contributed by atoms with Gasteiger partial charge >= 0.3 is 48.6 Å². The number of hydrogen-bond acceptors (Lipinski definition) is 7. The van der Waals surface area contributed by atoms with Crippen molar-refractivity contribution in [3.63, 3.8) is 0 Å². The fourth-order valence-corrected chi connectivity index (χ4v) is 14.6. The third-order valence-corrected chi connectivity index (χ3v) is 17.6. The van der Waals surface area contributed by atoms with Crippen molar-refractivity contribution in [1.82, 2.24) is 15.0 Å². The topological polar surface area (TPSA) is 151 Å². The minimum Gasteiger partial charge on any atom is -0.418 e. The predicted molar refractivity (Wildman–Crippen MR) is 324 cm³/mol. The fraction of sp³-hybridized carbons (Fsp3) is 0.121. The van der Waals surface area contributed by atoms with Crippen molar-refractivity contribution in [3.8, 4) is 0 Å². The van der Waals surface area contributed by atoms with Gasteiger partial charge in [0.15, 0.2) is 16.3 Å². The summed E-state index contributed by atoms with van der Waals surface area (Å²) in [6, 6.07) is 83.2. The molecule has 3 aromatic heterocycles.